The first-order valence-electron chi connectivity index (χ1n) is 6.91. The number of anilines is 1. The van der Waals surface area contributed by atoms with E-state index in [4.69, 9.17) is 22.9 Å². The Morgan fingerprint density at radius 3 is 2.62 bits per heavy atom. The lowest BCUT2D eigenvalue weighted by Crippen LogP contribution is -2.45. The van der Waals surface area contributed by atoms with Crippen LogP contribution in [0.4, 0.5) is 15.8 Å². The van der Waals surface area contributed by atoms with Gasteiger partial charge in [0.25, 0.3) is 5.91 Å². The van der Waals surface area contributed by atoms with E-state index in [2.05, 4.69) is 10.2 Å². The highest BCUT2D eigenvalue weighted by Gasteiger charge is 2.31. The fourth-order valence-electron chi connectivity index (χ4n) is 1.76. The molecule has 0 aliphatic heterocycles. The van der Waals surface area contributed by atoms with Crippen LogP contribution in [0.5, 0.6) is 5.75 Å². The summed E-state index contributed by atoms with van der Waals surface area (Å²) >= 11 is 5.90. The standard InChI is InChI=1S/C17H14ClFN2O3/c1-17(23,10-24-13-6-3-11(19)4-7-13)16(22)21-12-5-8-15(20-2)14(18)9-12/h3-9,23H,10H2,1H3,(H,21,22). The van der Waals surface area contributed by atoms with Gasteiger partial charge in [0.1, 0.15) is 18.2 Å². The molecular formula is C17H14ClFN2O3. The summed E-state index contributed by atoms with van der Waals surface area (Å²) in [5.74, 6) is -0.781. The number of nitrogens with zero attached hydrogens (tertiary/aromatic N) is 1. The molecule has 2 aromatic rings. The van der Waals surface area contributed by atoms with Gasteiger partial charge >= 0.3 is 0 Å². The Morgan fingerprint density at radius 2 is 2.04 bits per heavy atom. The molecule has 124 valence electrons. The highest BCUT2D eigenvalue weighted by atomic mass is 35.5. The van der Waals surface area contributed by atoms with Crippen LogP contribution in [0.2, 0.25) is 5.02 Å². The molecule has 0 radical (unpaired) electrons. The average Bonchev–Trinajstić information content (AvgIpc) is 2.54. The first-order chi connectivity index (χ1) is 11.3. The molecule has 0 aliphatic rings. The van der Waals surface area contributed by atoms with Gasteiger partial charge in [-0.25, -0.2) is 9.24 Å². The Labute approximate surface area is 143 Å². The van der Waals surface area contributed by atoms with Crippen LogP contribution >= 0.6 is 11.6 Å². The van der Waals surface area contributed by atoms with Crippen LogP contribution in [-0.2, 0) is 4.79 Å². The number of benzene rings is 2. The maximum Gasteiger partial charge on any atom is 0.259 e. The molecule has 1 unspecified atom stereocenters. The number of hydrogen-bond donors (Lipinski definition) is 2. The molecule has 0 spiro atoms. The number of amides is 1. The maximum atomic E-state index is 12.8. The largest absolute Gasteiger partial charge is 0.490 e. The molecule has 0 fully saturated rings. The highest BCUT2D eigenvalue weighted by Crippen LogP contribution is 2.28. The Kier molecular flexibility index (Phi) is 5.39. The van der Waals surface area contributed by atoms with E-state index in [0.717, 1.165) is 0 Å². The van der Waals surface area contributed by atoms with Gasteiger partial charge in [-0.1, -0.05) is 17.7 Å². The SMILES string of the molecule is [C-]#[N+]c1ccc(NC(=O)C(C)(O)COc2ccc(F)cc2)cc1Cl. The summed E-state index contributed by atoms with van der Waals surface area (Å²) in [4.78, 5) is 15.4. The normalized spacial score (nSPS) is 12.8. The van der Waals surface area contributed by atoms with Gasteiger partial charge in [-0.15, -0.1) is 0 Å². The molecule has 0 aliphatic carbocycles. The molecule has 2 N–H and O–H groups in total. The molecular weight excluding hydrogens is 335 g/mol. The fraction of sp³-hybridized carbons (Fsp3) is 0.176. The van der Waals surface area contributed by atoms with Crippen molar-refractivity contribution in [1.82, 2.24) is 0 Å². The Balaban J connectivity index is 2.00. The molecule has 2 aromatic carbocycles. The predicted octanol–water partition coefficient (Wildman–Crippen LogP) is 3.80. The molecule has 0 saturated heterocycles. The van der Waals surface area contributed by atoms with E-state index in [0.29, 0.717) is 11.4 Å². The summed E-state index contributed by atoms with van der Waals surface area (Å²) in [5, 5.41) is 12.9. The van der Waals surface area contributed by atoms with Gasteiger partial charge in [0, 0.05) is 10.7 Å². The van der Waals surface area contributed by atoms with Crippen molar-refractivity contribution in [3.63, 3.8) is 0 Å². The quantitative estimate of drug-likeness (QED) is 0.808. The van der Waals surface area contributed by atoms with E-state index in [-0.39, 0.29) is 17.3 Å². The Bertz CT molecular complexity index is 785. The Morgan fingerprint density at radius 1 is 1.38 bits per heavy atom. The summed E-state index contributed by atoms with van der Waals surface area (Å²) in [5.41, 5.74) is -1.21. The van der Waals surface area contributed by atoms with Crippen LogP contribution in [0, 0.1) is 12.4 Å². The number of halogens is 2. The van der Waals surface area contributed by atoms with E-state index in [1.165, 1.54) is 49.4 Å². The number of carbonyl (C=O) groups excluding carboxylic acids is 1. The van der Waals surface area contributed by atoms with Gasteiger partial charge in [0.05, 0.1) is 6.57 Å². The summed E-state index contributed by atoms with van der Waals surface area (Å²) in [6, 6.07) is 9.61. The Hall–Kier alpha value is -2.62. The van der Waals surface area contributed by atoms with Gasteiger partial charge in [0.2, 0.25) is 5.69 Å². The summed E-state index contributed by atoms with van der Waals surface area (Å²) in [7, 11) is 0. The fourth-order valence-corrected chi connectivity index (χ4v) is 1.98. The van der Waals surface area contributed by atoms with Crippen molar-refractivity contribution >= 4 is 28.9 Å². The zero-order valence-electron chi connectivity index (χ0n) is 12.7. The maximum absolute atomic E-state index is 12.8. The molecule has 2 rings (SSSR count). The van der Waals surface area contributed by atoms with Crippen molar-refractivity contribution in [1.29, 1.82) is 0 Å². The molecule has 0 saturated carbocycles. The van der Waals surface area contributed by atoms with Crippen LogP contribution in [0.1, 0.15) is 6.92 Å². The van der Waals surface area contributed by atoms with Crippen molar-refractivity contribution in [2.45, 2.75) is 12.5 Å². The molecule has 0 aromatic heterocycles. The summed E-state index contributed by atoms with van der Waals surface area (Å²) in [6.45, 7) is 7.89. The summed E-state index contributed by atoms with van der Waals surface area (Å²) < 4.78 is 18.1. The number of aliphatic hydroxyl groups is 1. The minimum Gasteiger partial charge on any atom is -0.490 e. The van der Waals surface area contributed by atoms with E-state index >= 15 is 0 Å². The minimum atomic E-state index is -1.82. The van der Waals surface area contributed by atoms with Gasteiger partial charge in [-0.3, -0.25) is 4.79 Å². The van der Waals surface area contributed by atoms with Gasteiger partial charge in [-0.2, -0.15) is 0 Å². The van der Waals surface area contributed by atoms with Crippen LogP contribution in [0.25, 0.3) is 4.85 Å². The van der Waals surface area contributed by atoms with E-state index < -0.39 is 17.3 Å². The highest BCUT2D eigenvalue weighted by molar-refractivity contribution is 6.33. The molecule has 1 atom stereocenters. The molecule has 24 heavy (non-hydrogen) atoms. The van der Waals surface area contributed by atoms with Crippen molar-refractivity contribution in [3.05, 3.63) is 64.7 Å². The van der Waals surface area contributed by atoms with Crippen molar-refractivity contribution < 1.29 is 19.0 Å². The van der Waals surface area contributed by atoms with E-state index in [9.17, 15) is 14.3 Å². The third-order valence-corrected chi connectivity index (χ3v) is 3.45. The second-order valence-electron chi connectivity index (χ2n) is 5.25. The number of carbonyl (C=O) groups is 1. The topological polar surface area (TPSA) is 62.9 Å². The summed E-state index contributed by atoms with van der Waals surface area (Å²) in [6.07, 6.45) is 0. The van der Waals surface area contributed by atoms with Crippen molar-refractivity contribution in [3.8, 4) is 5.75 Å². The minimum absolute atomic E-state index is 0.199. The second kappa shape index (κ2) is 7.30. The van der Waals surface area contributed by atoms with E-state index in [1.54, 1.807) is 0 Å². The van der Waals surface area contributed by atoms with Crippen molar-refractivity contribution in [2.75, 3.05) is 11.9 Å². The lowest BCUT2D eigenvalue weighted by molar-refractivity contribution is -0.135. The average molecular weight is 349 g/mol. The molecule has 7 heteroatoms. The van der Waals surface area contributed by atoms with Crippen LogP contribution in [0.3, 0.4) is 0 Å². The lowest BCUT2D eigenvalue weighted by atomic mass is 10.1. The molecule has 1 amide bonds. The third kappa shape index (κ3) is 4.44. The van der Waals surface area contributed by atoms with Gasteiger partial charge in [0.15, 0.2) is 5.60 Å². The van der Waals surface area contributed by atoms with E-state index in [1.807, 2.05) is 0 Å². The lowest BCUT2D eigenvalue weighted by Gasteiger charge is -2.22. The predicted molar refractivity (Wildman–Crippen MR) is 88.9 cm³/mol. The molecule has 0 bridgehead atoms. The first-order valence-corrected chi connectivity index (χ1v) is 7.29. The van der Waals surface area contributed by atoms with Gasteiger partial charge < -0.3 is 15.2 Å². The molecule has 5 nitrogen and oxygen atoms in total. The van der Waals surface area contributed by atoms with Gasteiger partial charge in [-0.05, 0) is 43.3 Å². The number of nitrogens with one attached hydrogen (secondary N) is 1. The number of ether oxygens (including phenoxy) is 1. The first kappa shape index (κ1) is 17.7. The molecule has 0 heterocycles. The third-order valence-electron chi connectivity index (χ3n) is 3.15. The van der Waals surface area contributed by atoms with Crippen LogP contribution < -0.4 is 10.1 Å². The number of hydrogen-bond acceptors (Lipinski definition) is 3. The zero-order chi connectivity index (χ0) is 17.7. The van der Waals surface area contributed by atoms with Crippen molar-refractivity contribution in [2.24, 2.45) is 0 Å². The number of rotatable bonds is 5. The van der Waals surface area contributed by atoms with Crippen LogP contribution in [0.15, 0.2) is 42.5 Å². The second-order valence-corrected chi connectivity index (χ2v) is 5.66. The smallest absolute Gasteiger partial charge is 0.259 e. The van der Waals surface area contributed by atoms with Crippen LogP contribution in [-0.4, -0.2) is 23.2 Å². The monoisotopic (exact) mass is 348 g/mol. The zero-order valence-corrected chi connectivity index (χ0v) is 13.5.